The first-order valence-corrected chi connectivity index (χ1v) is 7.77. The van der Waals surface area contributed by atoms with Crippen molar-refractivity contribution in [2.75, 3.05) is 11.5 Å². The van der Waals surface area contributed by atoms with E-state index in [0.29, 0.717) is 0 Å². The van der Waals surface area contributed by atoms with Crippen LogP contribution in [0.1, 0.15) is 18.4 Å². The smallest absolute Gasteiger partial charge is 0.0327 e. The van der Waals surface area contributed by atoms with Crippen LogP contribution in [0.5, 0.6) is 0 Å². The standard InChI is InChI=1S/C10H14BrNS2/c11-10-7-14-5-8(10)4-12-9-2-1-3-13-6-9/h5,7,9,12H,1-4,6H2. The van der Waals surface area contributed by atoms with Crippen LogP contribution in [0.3, 0.4) is 0 Å². The van der Waals surface area contributed by atoms with E-state index in [0.717, 1.165) is 12.6 Å². The molecule has 2 heterocycles. The van der Waals surface area contributed by atoms with Gasteiger partial charge in [-0.2, -0.15) is 23.1 Å². The maximum absolute atomic E-state index is 3.62. The number of rotatable bonds is 3. The van der Waals surface area contributed by atoms with Crippen molar-refractivity contribution in [2.45, 2.75) is 25.4 Å². The van der Waals surface area contributed by atoms with Crippen molar-refractivity contribution < 1.29 is 0 Å². The van der Waals surface area contributed by atoms with Crippen LogP contribution in [0.25, 0.3) is 0 Å². The maximum atomic E-state index is 3.62. The molecule has 1 unspecified atom stereocenters. The second-order valence-electron chi connectivity index (χ2n) is 3.54. The maximum Gasteiger partial charge on any atom is 0.0327 e. The average molecular weight is 292 g/mol. The highest BCUT2D eigenvalue weighted by Crippen LogP contribution is 2.22. The van der Waals surface area contributed by atoms with Gasteiger partial charge in [0.1, 0.15) is 0 Å². The van der Waals surface area contributed by atoms with Crippen molar-refractivity contribution in [3.63, 3.8) is 0 Å². The van der Waals surface area contributed by atoms with E-state index in [2.05, 4.69) is 43.8 Å². The topological polar surface area (TPSA) is 12.0 Å². The van der Waals surface area contributed by atoms with Gasteiger partial charge in [-0.15, -0.1) is 0 Å². The summed E-state index contributed by atoms with van der Waals surface area (Å²) in [6.45, 7) is 1.01. The third-order valence-electron chi connectivity index (χ3n) is 2.43. The van der Waals surface area contributed by atoms with Gasteiger partial charge in [0.05, 0.1) is 0 Å². The minimum atomic E-state index is 0.723. The second kappa shape index (κ2) is 5.54. The summed E-state index contributed by atoms with van der Waals surface area (Å²) in [5, 5.41) is 7.98. The summed E-state index contributed by atoms with van der Waals surface area (Å²) in [4.78, 5) is 0. The van der Waals surface area contributed by atoms with E-state index in [1.165, 1.54) is 34.4 Å². The Morgan fingerprint density at radius 1 is 1.50 bits per heavy atom. The first-order chi connectivity index (χ1) is 6.86. The molecular weight excluding hydrogens is 278 g/mol. The van der Waals surface area contributed by atoms with E-state index in [4.69, 9.17) is 0 Å². The highest BCUT2D eigenvalue weighted by molar-refractivity contribution is 9.10. The van der Waals surface area contributed by atoms with Gasteiger partial charge in [-0.25, -0.2) is 0 Å². The number of hydrogen-bond acceptors (Lipinski definition) is 3. The molecule has 1 saturated heterocycles. The summed E-state index contributed by atoms with van der Waals surface area (Å²) in [7, 11) is 0. The predicted molar refractivity (Wildman–Crippen MR) is 69.2 cm³/mol. The normalized spacial score (nSPS) is 22.5. The quantitative estimate of drug-likeness (QED) is 0.915. The van der Waals surface area contributed by atoms with Crippen LogP contribution in [0.4, 0.5) is 0 Å². The third kappa shape index (κ3) is 2.99. The van der Waals surface area contributed by atoms with E-state index >= 15 is 0 Å². The molecule has 0 bridgehead atoms. The van der Waals surface area contributed by atoms with Crippen LogP contribution in [0.15, 0.2) is 15.2 Å². The first kappa shape index (κ1) is 11.0. The highest BCUT2D eigenvalue weighted by atomic mass is 79.9. The summed E-state index contributed by atoms with van der Waals surface area (Å²) < 4.78 is 1.25. The zero-order chi connectivity index (χ0) is 9.80. The summed E-state index contributed by atoms with van der Waals surface area (Å²) in [6, 6.07) is 0.723. The van der Waals surface area contributed by atoms with Gasteiger partial charge in [0.2, 0.25) is 0 Å². The Labute approximate surface area is 102 Å². The molecule has 1 N–H and O–H groups in total. The molecule has 14 heavy (non-hydrogen) atoms. The van der Waals surface area contributed by atoms with Crippen LogP contribution in [0.2, 0.25) is 0 Å². The van der Waals surface area contributed by atoms with E-state index in [-0.39, 0.29) is 0 Å². The van der Waals surface area contributed by atoms with Crippen molar-refractivity contribution in [2.24, 2.45) is 0 Å². The molecule has 1 aromatic rings. The van der Waals surface area contributed by atoms with Crippen LogP contribution in [-0.2, 0) is 6.54 Å². The molecule has 0 saturated carbocycles. The van der Waals surface area contributed by atoms with Gasteiger partial charge < -0.3 is 5.32 Å². The second-order valence-corrected chi connectivity index (χ2v) is 6.29. The SMILES string of the molecule is Brc1cscc1CNC1CCCSC1. The Balaban J connectivity index is 1.79. The molecule has 1 fully saturated rings. The number of thioether (sulfide) groups is 1. The lowest BCUT2D eigenvalue weighted by Gasteiger charge is -2.22. The molecule has 0 radical (unpaired) electrons. The Hall–Kier alpha value is 0.490. The average Bonchev–Trinajstić information content (AvgIpc) is 2.63. The lowest BCUT2D eigenvalue weighted by atomic mass is 10.2. The number of hydrogen-bond donors (Lipinski definition) is 1. The van der Waals surface area contributed by atoms with Gasteiger partial charge in [0, 0.05) is 28.2 Å². The molecule has 0 aromatic carbocycles. The van der Waals surface area contributed by atoms with Gasteiger partial charge in [-0.1, -0.05) is 0 Å². The Morgan fingerprint density at radius 2 is 2.43 bits per heavy atom. The summed E-state index contributed by atoms with van der Waals surface area (Å²) >= 11 is 7.39. The van der Waals surface area contributed by atoms with E-state index < -0.39 is 0 Å². The number of thiophene rings is 1. The Morgan fingerprint density at radius 3 is 3.07 bits per heavy atom. The lowest BCUT2D eigenvalue weighted by molar-refractivity contribution is 0.507. The molecule has 0 aliphatic carbocycles. The molecule has 0 spiro atoms. The van der Waals surface area contributed by atoms with Crippen LogP contribution in [0, 0.1) is 0 Å². The van der Waals surface area contributed by atoms with Gasteiger partial charge >= 0.3 is 0 Å². The van der Waals surface area contributed by atoms with E-state index in [1.807, 2.05) is 0 Å². The fourth-order valence-electron chi connectivity index (χ4n) is 1.59. The zero-order valence-electron chi connectivity index (χ0n) is 7.96. The molecule has 2 rings (SSSR count). The molecule has 1 aromatic heterocycles. The Bertz CT molecular complexity index is 281. The van der Waals surface area contributed by atoms with Crippen molar-refractivity contribution in [3.05, 3.63) is 20.8 Å². The number of halogens is 1. The summed E-state index contributed by atoms with van der Waals surface area (Å²) in [5.41, 5.74) is 1.39. The van der Waals surface area contributed by atoms with Crippen molar-refractivity contribution in [3.8, 4) is 0 Å². The molecular formula is C10H14BrNS2. The molecule has 1 nitrogen and oxygen atoms in total. The lowest BCUT2D eigenvalue weighted by Crippen LogP contribution is -2.33. The van der Waals surface area contributed by atoms with E-state index in [1.54, 1.807) is 11.3 Å². The minimum absolute atomic E-state index is 0.723. The van der Waals surface area contributed by atoms with Crippen LogP contribution < -0.4 is 5.32 Å². The molecule has 0 amide bonds. The first-order valence-electron chi connectivity index (χ1n) is 4.88. The summed E-state index contributed by atoms with van der Waals surface area (Å²) in [6.07, 6.45) is 2.71. The van der Waals surface area contributed by atoms with Gasteiger partial charge in [-0.3, -0.25) is 0 Å². The van der Waals surface area contributed by atoms with Crippen molar-refractivity contribution >= 4 is 39.0 Å². The van der Waals surface area contributed by atoms with Gasteiger partial charge in [-0.05, 0) is 45.5 Å². The molecule has 4 heteroatoms. The number of nitrogens with one attached hydrogen (secondary N) is 1. The third-order valence-corrected chi connectivity index (χ3v) is 5.48. The van der Waals surface area contributed by atoms with E-state index in [9.17, 15) is 0 Å². The van der Waals surface area contributed by atoms with Crippen molar-refractivity contribution in [1.29, 1.82) is 0 Å². The van der Waals surface area contributed by atoms with Crippen LogP contribution in [-0.4, -0.2) is 17.5 Å². The highest BCUT2D eigenvalue weighted by Gasteiger charge is 2.13. The summed E-state index contributed by atoms with van der Waals surface area (Å²) in [5.74, 6) is 2.63. The van der Waals surface area contributed by atoms with Crippen molar-refractivity contribution in [1.82, 2.24) is 5.32 Å². The largest absolute Gasteiger partial charge is 0.309 e. The van der Waals surface area contributed by atoms with Gasteiger partial charge in [0.25, 0.3) is 0 Å². The fraction of sp³-hybridized carbons (Fsp3) is 0.600. The molecule has 1 atom stereocenters. The molecule has 1 aliphatic heterocycles. The predicted octanol–water partition coefficient (Wildman–Crippen LogP) is 3.50. The molecule has 78 valence electrons. The fourth-order valence-corrected chi connectivity index (χ4v) is 4.14. The Kier molecular flexibility index (Phi) is 4.35. The molecule has 1 aliphatic rings. The van der Waals surface area contributed by atoms with Crippen LogP contribution >= 0.6 is 39.0 Å². The minimum Gasteiger partial charge on any atom is -0.309 e. The monoisotopic (exact) mass is 291 g/mol. The zero-order valence-corrected chi connectivity index (χ0v) is 11.2. The van der Waals surface area contributed by atoms with Gasteiger partial charge in [0.15, 0.2) is 0 Å².